The molecule has 0 bridgehead atoms. The molecule has 0 radical (unpaired) electrons. The van der Waals surface area contributed by atoms with Crippen LogP contribution in [0.3, 0.4) is 0 Å². The molecule has 2 N–H and O–H groups in total. The number of anilines is 2. The average Bonchev–Trinajstić information content (AvgIpc) is 2.84. The van der Waals surface area contributed by atoms with E-state index in [0.717, 1.165) is 18.2 Å². The zero-order chi connectivity index (χ0) is 8.89. The predicted octanol–water partition coefficient (Wildman–Crippen LogP) is 0.975. The molecule has 0 aromatic carbocycles. The van der Waals surface area contributed by atoms with Crippen LogP contribution in [0.15, 0.2) is 6.33 Å². The third-order valence-electron chi connectivity index (χ3n) is 3.06. The minimum atomic E-state index is 0.370. The molecule has 2 aliphatic rings. The lowest BCUT2D eigenvalue weighted by molar-refractivity contribution is 0.775. The van der Waals surface area contributed by atoms with Crippen LogP contribution in [0, 0.1) is 0 Å². The first kappa shape index (κ1) is 7.12. The van der Waals surface area contributed by atoms with Crippen molar-refractivity contribution >= 4 is 11.6 Å². The van der Waals surface area contributed by atoms with Crippen molar-refractivity contribution in [3.8, 4) is 0 Å². The lowest BCUT2D eigenvalue weighted by Gasteiger charge is -2.09. The van der Waals surface area contributed by atoms with Crippen molar-refractivity contribution in [2.75, 3.05) is 24.2 Å². The van der Waals surface area contributed by atoms with Gasteiger partial charge in [0.2, 0.25) is 0 Å². The molecule has 1 aromatic heterocycles. The second-order valence-electron chi connectivity index (χ2n) is 3.83. The predicted molar refractivity (Wildman–Crippen MR) is 51.0 cm³/mol. The number of nitrogens with one attached hydrogen (secondary N) is 2. The van der Waals surface area contributed by atoms with E-state index in [0.29, 0.717) is 5.41 Å². The van der Waals surface area contributed by atoms with E-state index in [-0.39, 0.29) is 0 Å². The highest BCUT2D eigenvalue weighted by atomic mass is 15.1. The third-order valence-corrected chi connectivity index (χ3v) is 3.06. The molecule has 1 saturated carbocycles. The van der Waals surface area contributed by atoms with E-state index in [4.69, 9.17) is 0 Å². The van der Waals surface area contributed by atoms with E-state index >= 15 is 0 Å². The Labute approximate surface area is 76.8 Å². The zero-order valence-electron chi connectivity index (χ0n) is 7.59. The average molecular weight is 176 g/mol. The van der Waals surface area contributed by atoms with Crippen LogP contribution in [0.4, 0.5) is 11.6 Å². The normalized spacial score (nSPS) is 21.0. The molecule has 0 atom stereocenters. The highest BCUT2D eigenvalue weighted by molar-refractivity contribution is 5.67. The van der Waals surface area contributed by atoms with Crippen LogP contribution in [-0.2, 0) is 5.41 Å². The van der Waals surface area contributed by atoms with Crippen molar-refractivity contribution in [1.29, 1.82) is 0 Å². The van der Waals surface area contributed by atoms with Gasteiger partial charge in [-0.1, -0.05) is 0 Å². The second-order valence-corrected chi connectivity index (χ2v) is 3.83. The molecule has 0 amide bonds. The fourth-order valence-electron chi connectivity index (χ4n) is 2.13. The van der Waals surface area contributed by atoms with Gasteiger partial charge >= 0.3 is 0 Å². The molecule has 1 aliphatic carbocycles. The van der Waals surface area contributed by atoms with Crippen LogP contribution in [-0.4, -0.2) is 23.6 Å². The van der Waals surface area contributed by atoms with Gasteiger partial charge in [0, 0.05) is 24.6 Å². The number of rotatable bonds is 1. The van der Waals surface area contributed by atoms with Crippen LogP contribution >= 0.6 is 0 Å². The van der Waals surface area contributed by atoms with Crippen LogP contribution in [0.5, 0.6) is 0 Å². The van der Waals surface area contributed by atoms with Gasteiger partial charge in [-0.25, -0.2) is 9.97 Å². The van der Waals surface area contributed by atoms with E-state index in [1.165, 1.54) is 18.4 Å². The summed E-state index contributed by atoms with van der Waals surface area (Å²) in [7, 11) is 1.91. The maximum atomic E-state index is 4.24. The van der Waals surface area contributed by atoms with Gasteiger partial charge in [0.1, 0.15) is 18.0 Å². The van der Waals surface area contributed by atoms with Gasteiger partial charge in [-0.2, -0.15) is 0 Å². The minimum Gasteiger partial charge on any atom is -0.373 e. The standard InChI is InChI=1S/C9H12N4/c1-10-7-6-8(13-5-12-7)11-4-9(6)2-3-9/h5H,2-4H2,1H3,(H2,10,11,12,13). The third kappa shape index (κ3) is 0.802. The molecule has 4 heteroatoms. The first-order valence-electron chi connectivity index (χ1n) is 4.63. The molecule has 1 aromatic rings. The molecular formula is C9H12N4. The summed E-state index contributed by atoms with van der Waals surface area (Å²) in [4.78, 5) is 8.48. The Morgan fingerprint density at radius 3 is 3.00 bits per heavy atom. The van der Waals surface area contributed by atoms with E-state index < -0.39 is 0 Å². The Morgan fingerprint density at radius 1 is 1.46 bits per heavy atom. The zero-order valence-corrected chi connectivity index (χ0v) is 7.59. The number of hydrogen-bond donors (Lipinski definition) is 2. The van der Waals surface area contributed by atoms with E-state index in [1.807, 2.05) is 7.05 Å². The summed E-state index contributed by atoms with van der Waals surface area (Å²) >= 11 is 0. The first-order valence-corrected chi connectivity index (χ1v) is 4.63. The van der Waals surface area contributed by atoms with Crippen molar-refractivity contribution in [2.45, 2.75) is 18.3 Å². The van der Waals surface area contributed by atoms with E-state index in [2.05, 4.69) is 20.6 Å². The van der Waals surface area contributed by atoms with Crippen LogP contribution in [0.2, 0.25) is 0 Å². The largest absolute Gasteiger partial charge is 0.373 e. The number of hydrogen-bond acceptors (Lipinski definition) is 4. The highest BCUT2D eigenvalue weighted by Gasteiger charge is 2.51. The monoisotopic (exact) mass is 176 g/mol. The van der Waals surface area contributed by atoms with Crippen molar-refractivity contribution in [2.24, 2.45) is 0 Å². The van der Waals surface area contributed by atoms with Gasteiger partial charge in [-0.05, 0) is 12.8 Å². The Kier molecular flexibility index (Phi) is 1.17. The Hall–Kier alpha value is -1.32. The van der Waals surface area contributed by atoms with Gasteiger partial charge in [0.15, 0.2) is 0 Å². The van der Waals surface area contributed by atoms with Gasteiger partial charge in [-0.15, -0.1) is 0 Å². The Balaban J connectivity index is 2.20. The van der Waals surface area contributed by atoms with E-state index in [9.17, 15) is 0 Å². The Bertz CT molecular complexity index is 357. The quantitative estimate of drug-likeness (QED) is 0.669. The number of aromatic nitrogens is 2. The van der Waals surface area contributed by atoms with Gasteiger partial charge in [0.05, 0.1) is 0 Å². The summed E-state index contributed by atoms with van der Waals surface area (Å²) in [6.07, 6.45) is 4.16. The smallest absolute Gasteiger partial charge is 0.135 e. The summed E-state index contributed by atoms with van der Waals surface area (Å²) in [6, 6.07) is 0. The second kappa shape index (κ2) is 2.13. The van der Waals surface area contributed by atoms with Crippen molar-refractivity contribution in [3.63, 3.8) is 0 Å². The summed E-state index contributed by atoms with van der Waals surface area (Å²) in [5, 5.41) is 6.47. The molecule has 0 saturated heterocycles. The Morgan fingerprint density at radius 2 is 2.31 bits per heavy atom. The maximum absolute atomic E-state index is 4.24. The molecule has 3 rings (SSSR count). The molecule has 1 spiro atoms. The summed E-state index contributed by atoms with van der Waals surface area (Å²) in [5.74, 6) is 2.02. The summed E-state index contributed by atoms with van der Waals surface area (Å²) in [6.45, 7) is 1.04. The van der Waals surface area contributed by atoms with Gasteiger partial charge in [-0.3, -0.25) is 0 Å². The fourth-order valence-corrected chi connectivity index (χ4v) is 2.13. The molecule has 1 fully saturated rings. The fraction of sp³-hybridized carbons (Fsp3) is 0.556. The van der Waals surface area contributed by atoms with Gasteiger partial charge < -0.3 is 10.6 Å². The molecule has 4 nitrogen and oxygen atoms in total. The molecule has 2 heterocycles. The number of fused-ring (bicyclic) bond motifs is 2. The maximum Gasteiger partial charge on any atom is 0.135 e. The topological polar surface area (TPSA) is 49.8 Å². The summed E-state index contributed by atoms with van der Waals surface area (Å²) < 4.78 is 0. The summed E-state index contributed by atoms with van der Waals surface area (Å²) in [5.41, 5.74) is 1.67. The van der Waals surface area contributed by atoms with Crippen LogP contribution < -0.4 is 10.6 Å². The highest BCUT2D eigenvalue weighted by Crippen LogP contribution is 2.55. The van der Waals surface area contributed by atoms with Crippen molar-refractivity contribution < 1.29 is 0 Å². The molecular weight excluding hydrogens is 164 g/mol. The van der Waals surface area contributed by atoms with Gasteiger partial charge in [0.25, 0.3) is 0 Å². The minimum absolute atomic E-state index is 0.370. The van der Waals surface area contributed by atoms with Crippen LogP contribution in [0.25, 0.3) is 0 Å². The molecule has 13 heavy (non-hydrogen) atoms. The molecule has 1 aliphatic heterocycles. The molecule has 68 valence electrons. The van der Waals surface area contributed by atoms with Crippen molar-refractivity contribution in [3.05, 3.63) is 11.9 Å². The lowest BCUT2D eigenvalue weighted by Crippen LogP contribution is -2.10. The molecule has 0 unspecified atom stereocenters. The first-order chi connectivity index (χ1) is 6.36. The lowest BCUT2D eigenvalue weighted by atomic mass is 10.0. The number of nitrogens with zero attached hydrogens (tertiary/aromatic N) is 2. The van der Waals surface area contributed by atoms with Crippen molar-refractivity contribution in [1.82, 2.24) is 9.97 Å². The van der Waals surface area contributed by atoms with Crippen LogP contribution in [0.1, 0.15) is 18.4 Å². The SMILES string of the molecule is CNc1ncnc2c1C1(CC1)CN2. The van der Waals surface area contributed by atoms with E-state index in [1.54, 1.807) is 6.33 Å².